The van der Waals surface area contributed by atoms with E-state index >= 15 is 0 Å². The molecule has 0 heterocycles. The largest absolute Gasteiger partial charge is 0.497 e. The van der Waals surface area contributed by atoms with Crippen LogP contribution in [0.15, 0.2) is 18.2 Å². The first-order chi connectivity index (χ1) is 10.0. The van der Waals surface area contributed by atoms with E-state index in [1.807, 2.05) is 0 Å². The minimum absolute atomic E-state index is 0.0606. The minimum atomic E-state index is -0.908. The van der Waals surface area contributed by atoms with E-state index in [1.54, 1.807) is 18.2 Å². The number of amides is 1. The summed E-state index contributed by atoms with van der Waals surface area (Å²) >= 11 is 0. The Labute approximate surface area is 123 Å². The number of hydrogen-bond donors (Lipinski definition) is 2. The Kier molecular flexibility index (Phi) is 4.67. The lowest BCUT2D eigenvalue weighted by Gasteiger charge is -2.17. The molecular formula is C15H19NO5. The lowest BCUT2D eigenvalue weighted by atomic mass is 10.1. The Morgan fingerprint density at radius 2 is 2.05 bits per heavy atom. The summed E-state index contributed by atoms with van der Waals surface area (Å²) in [5.74, 6) is 0.0141. The molecule has 0 spiro atoms. The van der Waals surface area contributed by atoms with Crippen molar-refractivity contribution in [1.82, 2.24) is 5.32 Å². The van der Waals surface area contributed by atoms with Gasteiger partial charge in [0.05, 0.1) is 26.2 Å². The second-order valence-corrected chi connectivity index (χ2v) is 5.08. The fourth-order valence-corrected chi connectivity index (χ4v) is 2.25. The molecule has 6 nitrogen and oxygen atoms in total. The second kappa shape index (κ2) is 6.47. The molecule has 1 aromatic rings. The maximum Gasteiger partial charge on any atom is 0.305 e. The van der Waals surface area contributed by atoms with E-state index in [0.29, 0.717) is 17.1 Å². The topological polar surface area (TPSA) is 84.9 Å². The maximum atomic E-state index is 12.3. The van der Waals surface area contributed by atoms with E-state index in [2.05, 4.69) is 5.32 Å². The van der Waals surface area contributed by atoms with E-state index in [9.17, 15) is 9.59 Å². The zero-order valence-electron chi connectivity index (χ0n) is 12.1. The highest BCUT2D eigenvalue weighted by molar-refractivity contribution is 5.97. The van der Waals surface area contributed by atoms with Gasteiger partial charge in [-0.05, 0) is 30.9 Å². The fraction of sp³-hybridized carbons (Fsp3) is 0.467. The average molecular weight is 293 g/mol. The summed E-state index contributed by atoms with van der Waals surface area (Å²) in [6.07, 6.45) is 1.85. The van der Waals surface area contributed by atoms with Gasteiger partial charge in [0.25, 0.3) is 5.91 Å². The van der Waals surface area contributed by atoms with Gasteiger partial charge in [0.15, 0.2) is 0 Å². The van der Waals surface area contributed by atoms with E-state index in [4.69, 9.17) is 14.6 Å². The summed E-state index contributed by atoms with van der Waals surface area (Å²) in [6, 6.07) is 4.57. The number of ether oxygens (including phenoxy) is 2. The molecule has 0 bridgehead atoms. The van der Waals surface area contributed by atoms with Crippen molar-refractivity contribution in [1.29, 1.82) is 0 Å². The number of carbonyl (C=O) groups excluding carboxylic acids is 1. The van der Waals surface area contributed by atoms with Crippen LogP contribution in [-0.2, 0) is 4.79 Å². The van der Waals surface area contributed by atoms with Gasteiger partial charge in [-0.3, -0.25) is 9.59 Å². The molecule has 114 valence electrons. The van der Waals surface area contributed by atoms with Crippen molar-refractivity contribution in [2.45, 2.75) is 25.3 Å². The van der Waals surface area contributed by atoms with Gasteiger partial charge in [0, 0.05) is 12.1 Å². The lowest BCUT2D eigenvalue weighted by molar-refractivity contribution is -0.137. The molecule has 21 heavy (non-hydrogen) atoms. The first-order valence-corrected chi connectivity index (χ1v) is 6.79. The van der Waals surface area contributed by atoms with Crippen LogP contribution in [0.2, 0.25) is 0 Å². The molecule has 1 unspecified atom stereocenters. The molecule has 1 fully saturated rings. The average Bonchev–Trinajstić information content (AvgIpc) is 3.29. The predicted molar refractivity (Wildman–Crippen MR) is 75.8 cm³/mol. The van der Waals surface area contributed by atoms with Crippen LogP contribution in [0.1, 0.15) is 29.6 Å². The van der Waals surface area contributed by atoms with Gasteiger partial charge in [-0.1, -0.05) is 0 Å². The third-order valence-corrected chi connectivity index (χ3v) is 3.56. The zero-order valence-corrected chi connectivity index (χ0v) is 12.1. The van der Waals surface area contributed by atoms with Crippen LogP contribution < -0.4 is 14.8 Å². The van der Waals surface area contributed by atoms with Crippen LogP contribution in [0.4, 0.5) is 0 Å². The zero-order chi connectivity index (χ0) is 15.4. The number of carboxylic acids is 1. The van der Waals surface area contributed by atoms with Gasteiger partial charge in [-0.2, -0.15) is 0 Å². The van der Waals surface area contributed by atoms with Crippen molar-refractivity contribution in [2.75, 3.05) is 14.2 Å². The number of nitrogens with one attached hydrogen (secondary N) is 1. The molecule has 1 aliphatic carbocycles. The standard InChI is InChI=1S/C15H19NO5/c1-20-10-5-6-11(13(7-10)21-2)15(19)16-12(8-14(17)18)9-3-4-9/h5-7,9,12H,3-4,8H2,1-2H3,(H,16,19)(H,17,18). The van der Waals surface area contributed by atoms with Crippen LogP contribution in [0, 0.1) is 5.92 Å². The summed E-state index contributed by atoms with van der Waals surface area (Å²) in [6.45, 7) is 0. The van der Waals surface area contributed by atoms with Gasteiger partial charge in [0.2, 0.25) is 0 Å². The van der Waals surface area contributed by atoms with Crippen LogP contribution >= 0.6 is 0 Å². The van der Waals surface area contributed by atoms with Gasteiger partial charge >= 0.3 is 5.97 Å². The maximum absolute atomic E-state index is 12.3. The summed E-state index contributed by atoms with van der Waals surface area (Å²) in [5.41, 5.74) is 0.370. The van der Waals surface area contributed by atoms with Crippen molar-refractivity contribution >= 4 is 11.9 Å². The molecule has 6 heteroatoms. The normalized spacial score (nSPS) is 15.1. The summed E-state index contributed by atoms with van der Waals surface area (Å²) in [4.78, 5) is 23.2. The molecule has 1 amide bonds. The monoisotopic (exact) mass is 293 g/mol. The molecular weight excluding hydrogens is 274 g/mol. The third-order valence-electron chi connectivity index (χ3n) is 3.56. The number of hydrogen-bond acceptors (Lipinski definition) is 4. The Balaban J connectivity index is 2.13. The third kappa shape index (κ3) is 3.87. The predicted octanol–water partition coefficient (Wildman–Crippen LogP) is 1.69. The summed E-state index contributed by atoms with van der Waals surface area (Å²) in [5, 5.41) is 11.7. The van der Waals surface area contributed by atoms with Crippen LogP contribution in [0.3, 0.4) is 0 Å². The summed E-state index contributed by atoms with van der Waals surface area (Å²) < 4.78 is 10.3. The highest BCUT2D eigenvalue weighted by Gasteiger charge is 2.34. The number of carboxylic acid groups (broad SMARTS) is 1. The highest BCUT2D eigenvalue weighted by Crippen LogP contribution is 2.34. The Morgan fingerprint density at radius 3 is 2.57 bits per heavy atom. The molecule has 2 rings (SSSR count). The van der Waals surface area contributed by atoms with Crippen LogP contribution in [0.25, 0.3) is 0 Å². The van der Waals surface area contributed by atoms with Crippen molar-refractivity contribution < 1.29 is 24.2 Å². The number of methoxy groups -OCH3 is 2. The van der Waals surface area contributed by atoms with Crippen molar-refractivity contribution in [3.05, 3.63) is 23.8 Å². The molecule has 1 aromatic carbocycles. The smallest absolute Gasteiger partial charge is 0.305 e. The highest BCUT2D eigenvalue weighted by atomic mass is 16.5. The van der Waals surface area contributed by atoms with E-state index in [1.165, 1.54) is 14.2 Å². The van der Waals surface area contributed by atoms with E-state index in [-0.39, 0.29) is 24.3 Å². The Morgan fingerprint density at radius 1 is 1.33 bits per heavy atom. The van der Waals surface area contributed by atoms with Crippen LogP contribution in [-0.4, -0.2) is 37.2 Å². The van der Waals surface area contributed by atoms with Crippen molar-refractivity contribution in [2.24, 2.45) is 5.92 Å². The van der Waals surface area contributed by atoms with Crippen molar-refractivity contribution in [3.8, 4) is 11.5 Å². The first kappa shape index (κ1) is 15.2. The Bertz CT molecular complexity index is 539. The molecule has 2 N–H and O–H groups in total. The molecule has 0 aromatic heterocycles. The SMILES string of the molecule is COc1ccc(C(=O)NC(CC(=O)O)C2CC2)c(OC)c1. The van der Waals surface area contributed by atoms with Crippen LogP contribution in [0.5, 0.6) is 11.5 Å². The van der Waals surface area contributed by atoms with Gasteiger partial charge in [-0.25, -0.2) is 0 Å². The molecule has 0 saturated heterocycles. The second-order valence-electron chi connectivity index (χ2n) is 5.08. The molecule has 1 atom stereocenters. The fourth-order valence-electron chi connectivity index (χ4n) is 2.25. The number of benzene rings is 1. The molecule has 1 aliphatic rings. The van der Waals surface area contributed by atoms with Gasteiger partial charge < -0.3 is 19.9 Å². The Hall–Kier alpha value is -2.24. The first-order valence-electron chi connectivity index (χ1n) is 6.79. The molecule has 0 aliphatic heterocycles. The van der Waals surface area contributed by atoms with Gasteiger partial charge in [-0.15, -0.1) is 0 Å². The van der Waals surface area contributed by atoms with E-state index < -0.39 is 5.97 Å². The number of rotatable bonds is 7. The molecule has 0 radical (unpaired) electrons. The number of aliphatic carboxylic acids is 1. The molecule has 1 saturated carbocycles. The summed E-state index contributed by atoms with van der Waals surface area (Å²) in [7, 11) is 3.01. The number of carbonyl (C=O) groups is 2. The minimum Gasteiger partial charge on any atom is -0.497 e. The lowest BCUT2D eigenvalue weighted by Crippen LogP contribution is -2.38. The van der Waals surface area contributed by atoms with Gasteiger partial charge in [0.1, 0.15) is 11.5 Å². The van der Waals surface area contributed by atoms with Crippen molar-refractivity contribution in [3.63, 3.8) is 0 Å². The van der Waals surface area contributed by atoms with E-state index in [0.717, 1.165) is 12.8 Å². The quantitative estimate of drug-likeness (QED) is 0.799.